The highest BCUT2D eigenvalue weighted by molar-refractivity contribution is 5.90. The van der Waals surface area contributed by atoms with E-state index in [1.54, 1.807) is 6.07 Å². The van der Waals surface area contributed by atoms with Gasteiger partial charge in [0.2, 0.25) is 5.91 Å². The van der Waals surface area contributed by atoms with Gasteiger partial charge in [0.15, 0.2) is 0 Å². The number of aryl methyl sites for hydroxylation is 2. The number of hydrogen-bond donors (Lipinski definition) is 1. The lowest BCUT2D eigenvalue weighted by Crippen LogP contribution is -2.23. The van der Waals surface area contributed by atoms with Crippen molar-refractivity contribution in [2.75, 3.05) is 5.32 Å². The van der Waals surface area contributed by atoms with Crippen LogP contribution >= 0.6 is 0 Å². The first kappa shape index (κ1) is 20.5. The van der Waals surface area contributed by atoms with Crippen molar-refractivity contribution in [3.8, 4) is 11.3 Å². The van der Waals surface area contributed by atoms with Crippen molar-refractivity contribution >= 4 is 11.6 Å². The summed E-state index contributed by atoms with van der Waals surface area (Å²) in [7, 11) is 0. The van der Waals surface area contributed by atoms with Gasteiger partial charge in [-0.05, 0) is 43.0 Å². The van der Waals surface area contributed by atoms with Gasteiger partial charge >= 0.3 is 0 Å². The van der Waals surface area contributed by atoms with Crippen LogP contribution in [0.5, 0.6) is 0 Å². The van der Waals surface area contributed by atoms with Crippen LogP contribution < -0.4 is 10.9 Å². The van der Waals surface area contributed by atoms with Crippen molar-refractivity contribution in [1.29, 1.82) is 0 Å². The van der Waals surface area contributed by atoms with Gasteiger partial charge in [0.1, 0.15) is 0 Å². The third kappa shape index (κ3) is 6.14. The van der Waals surface area contributed by atoms with E-state index in [0.717, 1.165) is 23.4 Å². The van der Waals surface area contributed by atoms with Crippen molar-refractivity contribution in [2.24, 2.45) is 0 Å². The monoisotopic (exact) mass is 389 g/mol. The molecule has 150 valence electrons. The van der Waals surface area contributed by atoms with E-state index < -0.39 is 0 Å². The molecule has 0 bridgehead atoms. The van der Waals surface area contributed by atoms with Gasteiger partial charge in [0, 0.05) is 30.3 Å². The Morgan fingerprint density at radius 2 is 1.72 bits per heavy atom. The van der Waals surface area contributed by atoms with Gasteiger partial charge < -0.3 is 5.32 Å². The van der Waals surface area contributed by atoms with E-state index in [1.807, 2.05) is 42.5 Å². The SMILES string of the molecule is CCCCc1ccc(NC(=O)CCCn2nc(-c3ccccc3)ccc2=O)cc1. The Hall–Kier alpha value is -3.21. The fourth-order valence-corrected chi connectivity index (χ4v) is 3.12. The number of aromatic nitrogens is 2. The van der Waals surface area contributed by atoms with Gasteiger partial charge in [-0.15, -0.1) is 0 Å². The third-order valence-electron chi connectivity index (χ3n) is 4.77. The molecule has 5 heteroatoms. The number of amides is 1. The van der Waals surface area contributed by atoms with Crippen LogP contribution in [0.1, 0.15) is 38.2 Å². The van der Waals surface area contributed by atoms with E-state index in [-0.39, 0.29) is 11.5 Å². The smallest absolute Gasteiger partial charge is 0.266 e. The summed E-state index contributed by atoms with van der Waals surface area (Å²) in [5.74, 6) is -0.0569. The summed E-state index contributed by atoms with van der Waals surface area (Å²) in [6.07, 6.45) is 4.29. The zero-order chi connectivity index (χ0) is 20.5. The van der Waals surface area contributed by atoms with Crippen LogP contribution in [0.25, 0.3) is 11.3 Å². The first-order valence-corrected chi connectivity index (χ1v) is 10.2. The fraction of sp³-hybridized carbons (Fsp3) is 0.292. The lowest BCUT2D eigenvalue weighted by molar-refractivity contribution is -0.116. The fourth-order valence-electron chi connectivity index (χ4n) is 3.12. The number of carbonyl (C=O) groups excluding carboxylic acids is 1. The topological polar surface area (TPSA) is 64.0 Å². The average molecular weight is 389 g/mol. The molecule has 29 heavy (non-hydrogen) atoms. The van der Waals surface area contributed by atoms with E-state index in [0.29, 0.717) is 19.4 Å². The minimum atomic E-state index is -0.159. The van der Waals surface area contributed by atoms with Crippen molar-refractivity contribution in [3.05, 3.63) is 82.6 Å². The molecule has 0 aliphatic carbocycles. The number of rotatable bonds is 9. The number of benzene rings is 2. The van der Waals surface area contributed by atoms with E-state index in [1.165, 1.54) is 29.2 Å². The number of hydrogen-bond acceptors (Lipinski definition) is 3. The van der Waals surface area contributed by atoms with Crippen LogP contribution in [0.2, 0.25) is 0 Å². The maximum Gasteiger partial charge on any atom is 0.266 e. The molecule has 2 aromatic carbocycles. The summed E-state index contributed by atoms with van der Waals surface area (Å²) in [4.78, 5) is 24.3. The van der Waals surface area contributed by atoms with Gasteiger partial charge in [-0.1, -0.05) is 55.8 Å². The Morgan fingerprint density at radius 3 is 2.45 bits per heavy atom. The third-order valence-corrected chi connectivity index (χ3v) is 4.77. The molecule has 1 aromatic heterocycles. The summed E-state index contributed by atoms with van der Waals surface area (Å²) in [5.41, 5.74) is 3.64. The molecule has 0 atom stereocenters. The van der Waals surface area contributed by atoms with E-state index in [4.69, 9.17) is 0 Å². The highest BCUT2D eigenvalue weighted by Crippen LogP contribution is 2.15. The van der Waals surface area contributed by atoms with Crippen LogP contribution in [0.4, 0.5) is 5.69 Å². The average Bonchev–Trinajstić information content (AvgIpc) is 2.75. The lowest BCUT2D eigenvalue weighted by Gasteiger charge is -2.08. The summed E-state index contributed by atoms with van der Waals surface area (Å²) >= 11 is 0. The van der Waals surface area contributed by atoms with Crippen LogP contribution in [-0.2, 0) is 17.8 Å². The molecule has 0 fully saturated rings. The van der Waals surface area contributed by atoms with Gasteiger partial charge in [-0.2, -0.15) is 5.10 Å². The number of anilines is 1. The van der Waals surface area contributed by atoms with Gasteiger partial charge in [-0.3, -0.25) is 9.59 Å². The molecular formula is C24H27N3O2. The maximum absolute atomic E-state index is 12.2. The van der Waals surface area contributed by atoms with Crippen molar-refractivity contribution < 1.29 is 4.79 Å². The molecule has 5 nitrogen and oxygen atoms in total. The zero-order valence-corrected chi connectivity index (χ0v) is 16.8. The Morgan fingerprint density at radius 1 is 0.966 bits per heavy atom. The molecule has 1 heterocycles. The molecule has 0 radical (unpaired) electrons. The summed E-state index contributed by atoms with van der Waals surface area (Å²) in [6, 6.07) is 21.0. The number of carbonyl (C=O) groups is 1. The standard InChI is InChI=1S/C24H27N3O2/c1-2-3-8-19-12-14-21(15-13-19)25-23(28)11-7-18-27-24(29)17-16-22(26-27)20-9-5-4-6-10-20/h4-6,9-10,12-17H,2-3,7-8,11,18H2,1H3,(H,25,28). The molecule has 3 rings (SSSR count). The zero-order valence-electron chi connectivity index (χ0n) is 16.8. The second-order valence-electron chi connectivity index (χ2n) is 7.10. The number of unbranched alkanes of at least 4 members (excludes halogenated alkanes) is 1. The van der Waals surface area contributed by atoms with Crippen LogP contribution in [0, 0.1) is 0 Å². The highest BCUT2D eigenvalue weighted by atomic mass is 16.1. The summed E-state index contributed by atoms with van der Waals surface area (Å²) < 4.78 is 1.43. The minimum absolute atomic E-state index is 0.0569. The van der Waals surface area contributed by atoms with E-state index in [9.17, 15) is 9.59 Å². The van der Waals surface area contributed by atoms with Crippen LogP contribution in [0.3, 0.4) is 0 Å². The predicted molar refractivity (Wildman–Crippen MR) is 117 cm³/mol. The normalized spacial score (nSPS) is 10.7. The minimum Gasteiger partial charge on any atom is -0.326 e. The molecule has 3 aromatic rings. The summed E-state index contributed by atoms with van der Waals surface area (Å²) in [5, 5.41) is 7.35. The van der Waals surface area contributed by atoms with Crippen molar-refractivity contribution in [2.45, 2.75) is 45.6 Å². The first-order chi connectivity index (χ1) is 14.2. The number of nitrogens with one attached hydrogen (secondary N) is 1. The Labute approximate surface area is 171 Å². The summed E-state index contributed by atoms with van der Waals surface area (Å²) in [6.45, 7) is 2.58. The molecule has 1 amide bonds. The van der Waals surface area contributed by atoms with Gasteiger partial charge in [-0.25, -0.2) is 4.68 Å². The lowest BCUT2D eigenvalue weighted by atomic mass is 10.1. The molecule has 0 unspecified atom stereocenters. The van der Waals surface area contributed by atoms with E-state index >= 15 is 0 Å². The highest BCUT2D eigenvalue weighted by Gasteiger charge is 2.06. The second-order valence-corrected chi connectivity index (χ2v) is 7.10. The Balaban J connectivity index is 1.52. The Bertz CT molecular complexity index is 979. The molecule has 0 spiro atoms. The number of nitrogens with zero attached hydrogens (tertiary/aromatic N) is 2. The largest absolute Gasteiger partial charge is 0.326 e. The van der Waals surface area contributed by atoms with Gasteiger partial charge in [0.05, 0.1) is 5.69 Å². The van der Waals surface area contributed by atoms with Crippen LogP contribution in [-0.4, -0.2) is 15.7 Å². The molecule has 0 aliphatic heterocycles. The van der Waals surface area contributed by atoms with E-state index in [2.05, 4.69) is 29.5 Å². The second kappa shape index (κ2) is 10.4. The molecular weight excluding hydrogens is 362 g/mol. The molecule has 0 saturated heterocycles. The quantitative estimate of drug-likeness (QED) is 0.578. The Kier molecular flexibility index (Phi) is 7.34. The molecule has 0 saturated carbocycles. The first-order valence-electron chi connectivity index (χ1n) is 10.2. The molecule has 0 aliphatic rings. The van der Waals surface area contributed by atoms with Crippen molar-refractivity contribution in [3.63, 3.8) is 0 Å². The maximum atomic E-state index is 12.2. The van der Waals surface area contributed by atoms with Crippen molar-refractivity contribution in [1.82, 2.24) is 9.78 Å². The predicted octanol–water partition coefficient (Wildman–Crippen LogP) is 4.67. The van der Waals surface area contributed by atoms with Gasteiger partial charge in [0.25, 0.3) is 5.56 Å². The molecule has 1 N–H and O–H groups in total. The van der Waals surface area contributed by atoms with Crippen LogP contribution in [0.15, 0.2) is 71.5 Å².